The SMILES string of the molecule is O=C(Nc1ncc(F)s1)/C(=N/O[C@@H]1CCOC1)c1ccc([N+](=O)[O-])cc1. The number of oxime groups is 1. The van der Waals surface area contributed by atoms with Gasteiger partial charge in [0.2, 0.25) is 0 Å². The zero-order chi connectivity index (χ0) is 18.5. The molecule has 1 atom stereocenters. The van der Waals surface area contributed by atoms with Crippen LogP contribution < -0.4 is 5.32 Å². The molecule has 1 amide bonds. The Bertz CT molecular complexity index is 833. The lowest BCUT2D eigenvalue weighted by molar-refractivity contribution is -0.384. The molecule has 1 aromatic carbocycles. The van der Waals surface area contributed by atoms with E-state index < -0.39 is 16.0 Å². The molecule has 1 aliphatic heterocycles. The molecule has 0 bridgehead atoms. The number of carbonyl (C=O) groups is 1. The summed E-state index contributed by atoms with van der Waals surface area (Å²) in [6.45, 7) is 0.897. The quantitative estimate of drug-likeness (QED) is 0.467. The molecule has 11 heteroatoms. The van der Waals surface area contributed by atoms with Gasteiger partial charge in [0.1, 0.15) is 0 Å². The summed E-state index contributed by atoms with van der Waals surface area (Å²) < 4.78 is 18.2. The molecule has 1 saturated heterocycles. The summed E-state index contributed by atoms with van der Waals surface area (Å²) in [5, 5.41) is 16.6. The van der Waals surface area contributed by atoms with Gasteiger partial charge in [0.15, 0.2) is 22.1 Å². The van der Waals surface area contributed by atoms with E-state index in [1.807, 2.05) is 0 Å². The summed E-state index contributed by atoms with van der Waals surface area (Å²) in [5.41, 5.74) is 0.0760. The van der Waals surface area contributed by atoms with Crippen LogP contribution in [-0.2, 0) is 14.4 Å². The molecule has 1 N–H and O–H groups in total. The van der Waals surface area contributed by atoms with Crippen molar-refractivity contribution in [2.75, 3.05) is 18.5 Å². The highest BCUT2D eigenvalue weighted by atomic mass is 32.1. The van der Waals surface area contributed by atoms with Gasteiger partial charge in [-0.25, -0.2) is 4.98 Å². The summed E-state index contributed by atoms with van der Waals surface area (Å²) in [6.07, 6.45) is 1.33. The summed E-state index contributed by atoms with van der Waals surface area (Å²) in [4.78, 5) is 31.8. The lowest BCUT2D eigenvalue weighted by Crippen LogP contribution is -2.25. The van der Waals surface area contributed by atoms with Crippen molar-refractivity contribution in [1.29, 1.82) is 0 Å². The molecule has 0 unspecified atom stereocenters. The highest BCUT2D eigenvalue weighted by molar-refractivity contribution is 7.14. The van der Waals surface area contributed by atoms with E-state index in [1.54, 1.807) is 0 Å². The largest absolute Gasteiger partial charge is 0.389 e. The van der Waals surface area contributed by atoms with E-state index in [0.29, 0.717) is 36.5 Å². The minimum absolute atomic E-state index is 0.0614. The highest BCUT2D eigenvalue weighted by Crippen LogP contribution is 2.18. The van der Waals surface area contributed by atoms with Gasteiger partial charge in [0.25, 0.3) is 11.6 Å². The molecule has 9 nitrogen and oxygen atoms in total. The number of nitrogens with one attached hydrogen (secondary N) is 1. The molecular weight excluding hydrogens is 367 g/mol. The number of hydrogen-bond acceptors (Lipinski definition) is 8. The predicted octanol–water partition coefficient (Wildman–Crippen LogP) is 2.34. The van der Waals surface area contributed by atoms with E-state index in [1.165, 1.54) is 24.3 Å². The minimum Gasteiger partial charge on any atom is -0.389 e. The van der Waals surface area contributed by atoms with Gasteiger partial charge >= 0.3 is 0 Å². The van der Waals surface area contributed by atoms with Crippen molar-refractivity contribution in [1.82, 2.24) is 4.98 Å². The van der Waals surface area contributed by atoms with Crippen LogP contribution in [0, 0.1) is 15.2 Å². The van der Waals surface area contributed by atoms with Gasteiger partial charge in [0.05, 0.1) is 24.3 Å². The third-order valence-electron chi connectivity index (χ3n) is 3.45. The number of non-ortho nitro benzene ring substituents is 1. The van der Waals surface area contributed by atoms with E-state index >= 15 is 0 Å². The molecule has 0 radical (unpaired) electrons. The van der Waals surface area contributed by atoms with Crippen molar-refractivity contribution in [3.05, 3.63) is 51.3 Å². The Morgan fingerprint density at radius 2 is 2.23 bits per heavy atom. The Balaban J connectivity index is 1.83. The van der Waals surface area contributed by atoms with E-state index in [-0.39, 0.29) is 22.6 Å². The van der Waals surface area contributed by atoms with Crippen LogP contribution in [0.1, 0.15) is 12.0 Å². The number of nitrogens with zero attached hydrogens (tertiary/aromatic N) is 3. The number of thiazole rings is 1. The van der Waals surface area contributed by atoms with Gasteiger partial charge in [-0.05, 0) is 12.1 Å². The molecule has 26 heavy (non-hydrogen) atoms. The Labute approximate surface area is 150 Å². The van der Waals surface area contributed by atoms with Gasteiger partial charge in [-0.15, -0.1) is 0 Å². The molecule has 1 aromatic heterocycles. The molecule has 136 valence electrons. The van der Waals surface area contributed by atoms with Gasteiger partial charge in [-0.2, -0.15) is 4.39 Å². The maximum Gasteiger partial charge on any atom is 0.280 e. The normalized spacial score (nSPS) is 17.1. The molecule has 0 saturated carbocycles. The lowest BCUT2D eigenvalue weighted by atomic mass is 10.1. The Morgan fingerprint density at radius 1 is 1.46 bits per heavy atom. The number of ether oxygens (including phenoxy) is 1. The smallest absolute Gasteiger partial charge is 0.280 e. The topological polar surface area (TPSA) is 116 Å². The van der Waals surface area contributed by atoms with E-state index in [9.17, 15) is 19.3 Å². The van der Waals surface area contributed by atoms with Crippen LogP contribution in [-0.4, -0.2) is 40.8 Å². The van der Waals surface area contributed by atoms with Crippen molar-refractivity contribution in [2.24, 2.45) is 5.16 Å². The van der Waals surface area contributed by atoms with E-state index in [4.69, 9.17) is 9.57 Å². The van der Waals surface area contributed by atoms with Gasteiger partial charge in [-0.1, -0.05) is 16.5 Å². The second-order valence-electron chi connectivity index (χ2n) is 5.26. The second-order valence-corrected chi connectivity index (χ2v) is 6.24. The van der Waals surface area contributed by atoms with Gasteiger partial charge < -0.3 is 9.57 Å². The fraction of sp³-hybridized carbons (Fsp3) is 0.267. The Kier molecular flexibility index (Phi) is 5.49. The lowest BCUT2D eigenvalue weighted by Gasteiger charge is -2.09. The molecule has 1 fully saturated rings. The molecule has 0 spiro atoms. The molecule has 1 aliphatic rings. The number of rotatable bonds is 6. The summed E-state index contributed by atoms with van der Waals surface area (Å²) >= 11 is 0.664. The minimum atomic E-state index is -0.674. The number of nitro benzene ring substituents is 1. The number of carbonyl (C=O) groups excluding carboxylic acids is 1. The first-order valence-electron chi connectivity index (χ1n) is 7.52. The first kappa shape index (κ1) is 17.9. The van der Waals surface area contributed by atoms with Crippen LogP contribution in [0.3, 0.4) is 0 Å². The van der Waals surface area contributed by atoms with Crippen molar-refractivity contribution in [3.63, 3.8) is 0 Å². The van der Waals surface area contributed by atoms with Crippen LogP contribution in [0.2, 0.25) is 0 Å². The fourth-order valence-electron chi connectivity index (χ4n) is 2.16. The van der Waals surface area contributed by atoms with Gasteiger partial charge in [0, 0.05) is 24.1 Å². The average Bonchev–Trinajstić information content (AvgIpc) is 3.27. The third kappa shape index (κ3) is 4.37. The number of benzene rings is 1. The Hall–Kier alpha value is -2.92. The van der Waals surface area contributed by atoms with Crippen LogP contribution in [0.5, 0.6) is 0 Å². The second kappa shape index (κ2) is 7.97. The van der Waals surface area contributed by atoms with Gasteiger partial charge in [-0.3, -0.25) is 20.2 Å². The van der Waals surface area contributed by atoms with Crippen molar-refractivity contribution >= 4 is 33.8 Å². The molecule has 2 aromatic rings. The maximum absolute atomic E-state index is 13.0. The van der Waals surface area contributed by atoms with Crippen LogP contribution in [0.4, 0.5) is 15.2 Å². The zero-order valence-corrected chi connectivity index (χ0v) is 14.1. The number of halogens is 1. The number of amides is 1. The first-order chi connectivity index (χ1) is 12.5. The van der Waals surface area contributed by atoms with Crippen molar-refractivity contribution in [2.45, 2.75) is 12.5 Å². The maximum atomic E-state index is 13.0. The highest BCUT2D eigenvalue weighted by Gasteiger charge is 2.21. The van der Waals surface area contributed by atoms with Crippen molar-refractivity contribution < 1.29 is 23.7 Å². The molecular formula is C15H13FN4O5S. The van der Waals surface area contributed by atoms with Crippen LogP contribution in [0.15, 0.2) is 35.6 Å². The monoisotopic (exact) mass is 380 g/mol. The molecule has 3 rings (SSSR count). The Morgan fingerprint density at radius 3 is 2.81 bits per heavy atom. The molecule has 2 heterocycles. The number of aromatic nitrogens is 1. The van der Waals surface area contributed by atoms with Crippen LogP contribution in [0.25, 0.3) is 0 Å². The number of anilines is 1. The van der Waals surface area contributed by atoms with E-state index in [0.717, 1.165) is 6.20 Å². The van der Waals surface area contributed by atoms with E-state index in [2.05, 4.69) is 15.5 Å². The number of nitro groups is 1. The summed E-state index contributed by atoms with van der Waals surface area (Å²) in [6, 6.07) is 5.26. The first-order valence-corrected chi connectivity index (χ1v) is 8.33. The average molecular weight is 380 g/mol. The van der Waals surface area contributed by atoms with Crippen LogP contribution >= 0.6 is 11.3 Å². The number of hydrogen-bond donors (Lipinski definition) is 1. The van der Waals surface area contributed by atoms with Crippen molar-refractivity contribution in [3.8, 4) is 0 Å². The summed E-state index contributed by atoms with van der Waals surface area (Å²) in [7, 11) is 0. The predicted molar refractivity (Wildman–Crippen MR) is 90.6 cm³/mol. The zero-order valence-electron chi connectivity index (χ0n) is 13.3. The molecule has 0 aliphatic carbocycles. The third-order valence-corrected chi connectivity index (χ3v) is 4.15. The fourth-order valence-corrected chi connectivity index (χ4v) is 2.70. The standard InChI is InChI=1S/C15H13FN4O5S/c16-12-7-17-15(26-12)18-14(21)13(19-25-11-5-6-24-8-11)9-1-3-10(4-2-9)20(22)23/h1-4,7,11H,5-6,8H2,(H,17,18,21)/b19-13+/t11-/m1/s1. The summed E-state index contributed by atoms with van der Waals surface area (Å²) in [5.74, 6) is -0.674.